The SMILES string of the molecule is CCC[Si](CCC)(CCC)N[Si](CCC)(CCC)CCC.[KH]. The molecule has 22 heavy (non-hydrogen) atoms. The van der Waals surface area contributed by atoms with Gasteiger partial charge in [-0.25, -0.2) is 0 Å². The first-order chi connectivity index (χ1) is 10.1. The fourth-order valence-electron chi connectivity index (χ4n) is 4.56. The maximum atomic E-state index is 4.56. The van der Waals surface area contributed by atoms with E-state index in [1.165, 1.54) is 74.8 Å². The average molecular weight is 370 g/mol. The summed E-state index contributed by atoms with van der Waals surface area (Å²) in [7, 11) is -2.46. The van der Waals surface area contributed by atoms with Crippen LogP contribution in [0.5, 0.6) is 0 Å². The molecule has 0 unspecified atom stereocenters. The monoisotopic (exact) mass is 369 g/mol. The second kappa shape index (κ2) is 15.3. The zero-order chi connectivity index (χ0) is 16.2. The van der Waals surface area contributed by atoms with Crippen LogP contribution in [-0.2, 0) is 0 Å². The summed E-state index contributed by atoms with van der Waals surface area (Å²) >= 11 is 0. The van der Waals surface area contributed by atoms with E-state index in [0.29, 0.717) is 0 Å². The van der Waals surface area contributed by atoms with Crippen molar-refractivity contribution in [2.45, 2.75) is 116 Å². The van der Waals surface area contributed by atoms with Crippen LogP contribution in [0.25, 0.3) is 0 Å². The molecule has 0 heterocycles. The van der Waals surface area contributed by atoms with Gasteiger partial charge in [0.2, 0.25) is 0 Å². The molecule has 0 atom stereocenters. The summed E-state index contributed by atoms with van der Waals surface area (Å²) in [6.45, 7) is 14.4. The van der Waals surface area contributed by atoms with Gasteiger partial charge in [0, 0.05) is 0 Å². The van der Waals surface area contributed by atoms with Crippen LogP contribution in [0, 0.1) is 0 Å². The summed E-state index contributed by atoms with van der Waals surface area (Å²) < 4.78 is 4.56. The van der Waals surface area contributed by atoms with E-state index < -0.39 is 16.5 Å². The van der Waals surface area contributed by atoms with Crippen LogP contribution in [0.15, 0.2) is 0 Å². The second-order valence-corrected chi connectivity index (χ2v) is 16.3. The van der Waals surface area contributed by atoms with Gasteiger partial charge in [0.15, 0.2) is 0 Å². The molecule has 0 aromatic heterocycles. The molecule has 0 saturated heterocycles. The Kier molecular flexibility index (Phi) is 18.3. The Balaban J connectivity index is 0. The van der Waals surface area contributed by atoms with Gasteiger partial charge in [0.05, 0.1) is 0 Å². The van der Waals surface area contributed by atoms with E-state index in [1.807, 2.05) is 0 Å². The molecular weight excluding hydrogens is 325 g/mol. The van der Waals surface area contributed by atoms with Crippen molar-refractivity contribution in [2.24, 2.45) is 0 Å². The molecule has 0 aromatic carbocycles. The summed E-state index contributed by atoms with van der Waals surface area (Å²) in [4.78, 5) is 0. The molecular formula is C18H44KNSi2. The van der Waals surface area contributed by atoms with Crippen LogP contribution >= 0.6 is 0 Å². The predicted molar refractivity (Wildman–Crippen MR) is 112 cm³/mol. The molecule has 0 saturated carbocycles. The molecule has 0 bridgehead atoms. The molecule has 0 radical (unpaired) electrons. The van der Waals surface area contributed by atoms with Gasteiger partial charge in [-0.05, 0) is 36.3 Å². The fourth-order valence-corrected chi connectivity index (χ4v) is 19.3. The van der Waals surface area contributed by atoms with E-state index in [4.69, 9.17) is 0 Å². The van der Waals surface area contributed by atoms with Gasteiger partial charge in [-0.3, -0.25) is 0 Å². The summed E-state index contributed by atoms with van der Waals surface area (Å²) in [6.07, 6.45) is 8.30. The standard InChI is InChI=1S/C18H43NSi2.K.H/c1-7-13-20(14-8-2,15-9-3)19-21(16-10-4,17-11-5)18-12-6;;/h19H,7-18H2,1-6H3;;. The van der Waals surface area contributed by atoms with Crippen LogP contribution in [0.1, 0.15) is 80.1 Å². The molecule has 0 spiro atoms. The Hall–Kier alpha value is 2.03. The molecule has 0 aromatic rings. The van der Waals surface area contributed by atoms with Gasteiger partial charge >= 0.3 is 51.4 Å². The van der Waals surface area contributed by atoms with Crippen LogP contribution in [0.2, 0.25) is 36.3 Å². The van der Waals surface area contributed by atoms with Gasteiger partial charge in [0.25, 0.3) is 0 Å². The first-order valence-electron chi connectivity index (χ1n) is 9.86. The summed E-state index contributed by atoms with van der Waals surface area (Å²) in [5, 5.41) is 0. The minimum atomic E-state index is -1.23. The Labute approximate surface area is 186 Å². The third-order valence-corrected chi connectivity index (χ3v) is 17.9. The number of hydrogen-bond donors (Lipinski definition) is 1. The quantitative estimate of drug-likeness (QED) is 0.355. The minimum absolute atomic E-state index is 0. The van der Waals surface area contributed by atoms with Crippen molar-refractivity contribution in [3.8, 4) is 0 Å². The molecule has 0 aliphatic rings. The van der Waals surface area contributed by atoms with E-state index in [1.54, 1.807) is 0 Å². The van der Waals surface area contributed by atoms with Crippen molar-refractivity contribution in [2.75, 3.05) is 0 Å². The predicted octanol–water partition coefficient (Wildman–Crippen LogP) is 6.28. The summed E-state index contributed by atoms with van der Waals surface area (Å²) in [5.74, 6) is 0. The molecule has 0 aliphatic carbocycles. The van der Waals surface area contributed by atoms with Crippen molar-refractivity contribution < 1.29 is 0 Å². The van der Waals surface area contributed by atoms with Crippen LogP contribution in [0.3, 0.4) is 0 Å². The van der Waals surface area contributed by atoms with Gasteiger partial charge in [-0.1, -0.05) is 80.1 Å². The third-order valence-electron chi connectivity index (χ3n) is 4.90. The topological polar surface area (TPSA) is 12.0 Å². The van der Waals surface area contributed by atoms with Gasteiger partial charge < -0.3 is 4.65 Å². The summed E-state index contributed by atoms with van der Waals surface area (Å²) in [6, 6.07) is 9.09. The van der Waals surface area contributed by atoms with E-state index in [9.17, 15) is 0 Å². The Morgan fingerprint density at radius 2 is 0.636 bits per heavy atom. The molecule has 4 heteroatoms. The van der Waals surface area contributed by atoms with Gasteiger partial charge in [0.1, 0.15) is 16.5 Å². The molecule has 130 valence electrons. The van der Waals surface area contributed by atoms with Crippen LogP contribution in [-0.4, -0.2) is 67.9 Å². The van der Waals surface area contributed by atoms with Crippen LogP contribution < -0.4 is 4.65 Å². The Morgan fingerprint density at radius 1 is 0.455 bits per heavy atom. The number of nitrogens with one attached hydrogen (secondary N) is 1. The zero-order valence-electron chi connectivity index (χ0n) is 16.0. The van der Waals surface area contributed by atoms with Crippen molar-refractivity contribution in [3.63, 3.8) is 0 Å². The fraction of sp³-hybridized carbons (Fsp3) is 1.00. The van der Waals surface area contributed by atoms with E-state index in [2.05, 4.69) is 46.2 Å². The van der Waals surface area contributed by atoms with Crippen molar-refractivity contribution in [1.82, 2.24) is 4.65 Å². The van der Waals surface area contributed by atoms with Gasteiger partial charge in [-0.15, -0.1) is 0 Å². The first-order valence-corrected chi connectivity index (χ1v) is 15.1. The Bertz CT molecular complexity index is 191. The van der Waals surface area contributed by atoms with E-state index in [0.717, 1.165) is 0 Å². The maximum absolute atomic E-state index is 4.56. The Morgan fingerprint density at radius 3 is 0.773 bits per heavy atom. The normalized spacial score (nSPS) is 12.3. The average Bonchev–Trinajstić information content (AvgIpc) is 2.40. The second-order valence-electron chi connectivity index (χ2n) is 7.19. The van der Waals surface area contributed by atoms with Crippen molar-refractivity contribution in [1.29, 1.82) is 0 Å². The van der Waals surface area contributed by atoms with Crippen molar-refractivity contribution >= 4 is 67.9 Å². The van der Waals surface area contributed by atoms with Crippen molar-refractivity contribution in [3.05, 3.63) is 0 Å². The molecule has 1 nitrogen and oxygen atoms in total. The van der Waals surface area contributed by atoms with E-state index in [-0.39, 0.29) is 51.4 Å². The van der Waals surface area contributed by atoms with Gasteiger partial charge in [-0.2, -0.15) is 0 Å². The molecule has 0 fully saturated rings. The molecule has 0 amide bonds. The number of hydrogen-bond acceptors (Lipinski definition) is 1. The molecule has 0 aliphatic heterocycles. The third kappa shape index (κ3) is 9.50. The molecule has 1 N–H and O–H groups in total. The van der Waals surface area contributed by atoms with E-state index >= 15 is 0 Å². The zero-order valence-corrected chi connectivity index (χ0v) is 18.0. The molecule has 0 rings (SSSR count). The van der Waals surface area contributed by atoms with Crippen LogP contribution in [0.4, 0.5) is 0 Å². The first kappa shape index (κ1) is 26.3. The summed E-state index contributed by atoms with van der Waals surface area (Å²) in [5.41, 5.74) is 0. The number of rotatable bonds is 14.